The van der Waals surface area contributed by atoms with E-state index >= 15 is 0 Å². The maximum Gasteiger partial charge on any atom is 0.219 e. The summed E-state index contributed by atoms with van der Waals surface area (Å²) in [6.07, 6.45) is 5.35. The quantitative estimate of drug-likeness (QED) is 0.329. The fraction of sp³-hybridized carbons (Fsp3) is 0.316. The van der Waals surface area contributed by atoms with Gasteiger partial charge in [0, 0.05) is 0 Å². The molecule has 0 aliphatic rings. The number of ether oxygens (including phenoxy) is 2. The van der Waals surface area contributed by atoms with Gasteiger partial charge in [-0.05, 0) is 61.5 Å². The molecular weight excluding hydrogens is 364 g/mol. The number of aromatic nitrogens is 3. The van der Waals surface area contributed by atoms with Gasteiger partial charge in [0.2, 0.25) is 10.6 Å². The molecule has 27 heavy (non-hydrogen) atoms. The summed E-state index contributed by atoms with van der Waals surface area (Å²) in [5, 5.41) is 11.3. The van der Waals surface area contributed by atoms with E-state index in [-0.39, 0.29) is 0 Å². The van der Waals surface area contributed by atoms with Gasteiger partial charge in [-0.15, -0.1) is 5.10 Å². The number of nitrogens with zero attached hydrogens (tertiary/aromatic N) is 3. The number of furan rings is 1. The lowest BCUT2D eigenvalue weighted by Crippen LogP contribution is -2.01. The summed E-state index contributed by atoms with van der Waals surface area (Å²) in [7, 11) is 0. The molecule has 2 aromatic heterocycles. The summed E-state index contributed by atoms with van der Waals surface area (Å²) in [6, 6.07) is 9.29. The topological polar surface area (TPSA) is 77.6 Å². The first kappa shape index (κ1) is 18.9. The smallest absolute Gasteiger partial charge is 0.219 e. The molecule has 7 nitrogen and oxygen atoms in total. The lowest BCUT2D eigenvalue weighted by atomic mass is 10.2. The van der Waals surface area contributed by atoms with Crippen molar-refractivity contribution in [1.82, 2.24) is 14.9 Å². The van der Waals surface area contributed by atoms with E-state index < -0.39 is 0 Å². The van der Waals surface area contributed by atoms with E-state index in [9.17, 15) is 0 Å². The number of unbranched alkanes of at least 4 members (excludes halogenated alkanes) is 1. The molecule has 0 amide bonds. The average molecular weight is 386 g/mol. The van der Waals surface area contributed by atoms with Crippen LogP contribution in [0.1, 0.15) is 32.3 Å². The molecule has 142 valence electrons. The van der Waals surface area contributed by atoms with Crippen LogP contribution >= 0.6 is 12.2 Å². The van der Waals surface area contributed by atoms with Gasteiger partial charge >= 0.3 is 0 Å². The van der Waals surface area contributed by atoms with Gasteiger partial charge in [0.1, 0.15) is 0 Å². The highest BCUT2D eigenvalue weighted by atomic mass is 32.1. The van der Waals surface area contributed by atoms with Crippen molar-refractivity contribution in [3.8, 4) is 23.1 Å². The van der Waals surface area contributed by atoms with Crippen molar-refractivity contribution in [2.24, 2.45) is 5.10 Å². The molecule has 0 aliphatic heterocycles. The predicted octanol–water partition coefficient (Wildman–Crippen LogP) is 4.66. The first-order valence-electron chi connectivity index (χ1n) is 8.88. The predicted molar refractivity (Wildman–Crippen MR) is 106 cm³/mol. The molecule has 0 spiro atoms. The van der Waals surface area contributed by atoms with E-state index in [1.165, 1.54) is 4.68 Å². The number of H-pyrrole nitrogens is 1. The Morgan fingerprint density at radius 1 is 1.26 bits per heavy atom. The lowest BCUT2D eigenvalue weighted by molar-refractivity contribution is 0.272. The molecule has 0 bridgehead atoms. The summed E-state index contributed by atoms with van der Waals surface area (Å²) in [4.78, 5) is 0. The van der Waals surface area contributed by atoms with Gasteiger partial charge in [-0.25, -0.2) is 5.10 Å². The summed E-state index contributed by atoms with van der Waals surface area (Å²) in [5.74, 6) is 2.51. The molecular formula is C19H22N4O3S. The standard InChI is InChI=1S/C19H22N4O3S/c1-3-5-10-25-15-9-8-14(12-17(15)24-4-2)13-20-23-18(21-22-19(23)27)16-7-6-11-26-16/h6-9,11-13H,3-5,10H2,1-2H3,(H,22,27)/b20-13-. The highest BCUT2D eigenvalue weighted by molar-refractivity contribution is 7.71. The molecule has 8 heteroatoms. The molecule has 0 saturated heterocycles. The molecule has 1 N–H and O–H groups in total. The van der Waals surface area contributed by atoms with Crippen molar-refractivity contribution in [1.29, 1.82) is 0 Å². The second-order valence-electron chi connectivity index (χ2n) is 5.73. The minimum Gasteiger partial charge on any atom is -0.490 e. The van der Waals surface area contributed by atoms with Crippen molar-refractivity contribution >= 4 is 18.4 Å². The Bertz CT molecular complexity index is 944. The van der Waals surface area contributed by atoms with Crippen LogP contribution in [0.25, 0.3) is 11.6 Å². The van der Waals surface area contributed by atoms with Crippen LogP contribution in [0.4, 0.5) is 0 Å². The van der Waals surface area contributed by atoms with Crippen LogP contribution in [0.5, 0.6) is 11.5 Å². The van der Waals surface area contributed by atoms with E-state index in [2.05, 4.69) is 22.2 Å². The van der Waals surface area contributed by atoms with Crippen LogP contribution in [-0.2, 0) is 0 Å². The Labute approximate surface area is 162 Å². The molecule has 3 rings (SSSR count). The Balaban J connectivity index is 1.84. The summed E-state index contributed by atoms with van der Waals surface area (Å²) in [5.41, 5.74) is 0.856. The van der Waals surface area contributed by atoms with Crippen LogP contribution in [0.2, 0.25) is 0 Å². The zero-order valence-corrected chi connectivity index (χ0v) is 16.2. The summed E-state index contributed by atoms with van der Waals surface area (Å²) >= 11 is 5.25. The molecule has 1 aromatic carbocycles. The first-order chi connectivity index (χ1) is 13.2. The Morgan fingerprint density at radius 2 is 2.15 bits per heavy atom. The molecule has 0 atom stereocenters. The third-order valence-electron chi connectivity index (χ3n) is 3.74. The average Bonchev–Trinajstić information content (AvgIpc) is 3.31. The number of hydrogen-bond donors (Lipinski definition) is 1. The normalized spacial score (nSPS) is 11.2. The summed E-state index contributed by atoms with van der Waals surface area (Å²) < 4.78 is 18.8. The zero-order chi connectivity index (χ0) is 19.1. The molecule has 0 fully saturated rings. The number of hydrogen-bond acceptors (Lipinski definition) is 6. The molecule has 0 radical (unpaired) electrons. The van der Waals surface area contributed by atoms with E-state index in [0.29, 0.717) is 35.3 Å². The fourth-order valence-corrected chi connectivity index (χ4v) is 2.59. The molecule has 0 saturated carbocycles. The van der Waals surface area contributed by atoms with Crippen LogP contribution < -0.4 is 9.47 Å². The van der Waals surface area contributed by atoms with Crippen molar-refractivity contribution in [3.05, 3.63) is 46.9 Å². The number of aromatic amines is 1. The number of benzene rings is 1. The van der Waals surface area contributed by atoms with Gasteiger partial charge in [0.25, 0.3) is 0 Å². The van der Waals surface area contributed by atoms with Crippen molar-refractivity contribution in [2.45, 2.75) is 26.7 Å². The zero-order valence-electron chi connectivity index (χ0n) is 15.3. The third kappa shape index (κ3) is 4.65. The Morgan fingerprint density at radius 3 is 2.89 bits per heavy atom. The van der Waals surface area contributed by atoms with Gasteiger partial charge in [-0.2, -0.15) is 9.78 Å². The van der Waals surface area contributed by atoms with Crippen LogP contribution in [0.3, 0.4) is 0 Å². The first-order valence-corrected chi connectivity index (χ1v) is 9.29. The van der Waals surface area contributed by atoms with E-state index in [1.807, 2.05) is 25.1 Å². The third-order valence-corrected chi connectivity index (χ3v) is 4.00. The molecule has 0 unspecified atom stereocenters. The Kier molecular flexibility index (Phi) is 6.43. The van der Waals surface area contributed by atoms with Crippen molar-refractivity contribution < 1.29 is 13.9 Å². The van der Waals surface area contributed by atoms with Gasteiger partial charge < -0.3 is 13.9 Å². The van der Waals surface area contributed by atoms with Gasteiger partial charge in [-0.1, -0.05) is 13.3 Å². The molecule has 3 aromatic rings. The number of rotatable bonds is 9. The SMILES string of the molecule is CCCCOc1ccc(/C=N\n2c(-c3ccco3)n[nH]c2=S)cc1OCC. The van der Waals surface area contributed by atoms with Crippen molar-refractivity contribution in [3.63, 3.8) is 0 Å². The van der Waals surface area contributed by atoms with Gasteiger partial charge in [-0.3, -0.25) is 0 Å². The van der Waals surface area contributed by atoms with Crippen LogP contribution in [0.15, 0.2) is 46.1 Å². The maximum atomic E-state index is 5.80. The minimum absolute atomic E-state index is 0.377. The lowest BCUT2D eigenvalue weighted by Gasteiger charge is -2.12. The van der Waals surface area contributed by atoms with Gasteiger partial charge in [0.05, 0.1) is 25.7 Å². The highest BCUT2D eigenvalue weighted by Gasteiger charge is 2.11. The second-order valence-corrected chi connectivity index (χ2v) is 6.11. The fourth-order valence-electron chi connectivity index (χ4n) is 2.41. The molecule has 0 aliphatic carbocycles. The monoisotopic (exact) mass is 386 g/mol. The van der Waals surface area contributed by atoms with E-state index in [1.54, 1.807) is 24.6 Å². The largest absolute Gasteiger partial charge is 0.490 e. The molecule has 2 heterocycles. The highest BCUT2D eigenvalue weighted by Crippen LogP contribution is 2.28. The Hall–Kier alpha value is -2.87. The van der Waals surface area contributed by atoms with E-state index in [0.717, 1.165) is 24.2 Å². The summed E-state index contributed by atoms with van der Waals surface area (Å²) in [6.45, 7) is 5.29. The van der Waals surface area contributed by atoms with Gasteiger partial charge in [0.15, 0.2) is 17.3 Å². The minimum atomic E-state index is 0.377. The van der Waals surface area contributed by atoms with Crippen LogP contribution in [-0.4, -0.2) is 34.3 Å². The van der Waals surface area contributed by atoms with Crippen LogP contribution in [0, 0.1) is 4.77 Å². The van der Waals surface area contributed by atoms with E-state index in [4.69, 9.17) is 26.1 Å². The van der Waals surface area contributed by atoms with Crippen molar-refractivity contribution in [2.75, 3.05) is 13.2 Å². The maximum absolute atomic E-state index is 5.80. The second kappa shape index (κ2) is 9.18. The number of nitrogens with one attached hydrogen (secondary N) is 1.